The number of hydrogen-bond donors (Lipinski definition) is 2. The van der Waals surface area contributed by atoms with Crippen LogP contribution in [0, 0.1) is 5.82 Å². The fourth-order valence-corrected chi connectivity index (χ4v) is 2.84. The molecule has 0 aliphatic heterocycles. The number of nitrogens with zero attached hydrogens (tertiary/aromatic N) is 2. The van der Waals surface area contributed by atoms with E-state index in [1.54, 1.807) is 12.4 Å². The van der Waals surface area contributed by atoms with Gasteiger partial charge < -0.3 is 5.32 Å². The van der Waals surface area contributed by atoms with Crippen LogP contribution >= 0.6 is 23.2 Å². The summed E-state index contributed by atoms with van der Waals surface area (Å²) >= 11 is 11.3. The van der Waals surface area contributed by atoms with Crippen LogP contribution in [0.2, 0.25) is 10.3 Å². The molecule has 0 saturated carbocycles. The zero-order valence-electron chi connectivity index (χ0n) is 15.2. The van der Waals surface area contributed by atoms with Crippen molar-refractivity contribution < 1.29 is 14.0 Å². The SMILES string of the molecule is CC(C)c1cncc(C(C)C)c1NC(=O)NC(=O)c1cc(F)c(Cl)nc1Cl. The summed E-state index contributed by atoms with van der Waals surface area (Å²) in [5, 5.41) is 4.05. The zero-order valence-corrected chi connectivity index (χ0v) is 16.7. The fraction of sp³-hybridized carbons (Fsp3) is 0.333. The van der Waals surface area contributed by atoms with Crippen LogP contribution in [0.5, 0.6) is 0 Å². The molecule has 0 unspecified atom stereocenters. The number of rotatable bonds is 4. The summed E-state index contributed by atoms with van der Waals surface area (Å²) in [5.74, 6) is -1.60. The van der Waals surface area contributed by atoms with E-state index in [0.29, 0.717) is 5.69 Å². The number of carbonyl (C=O) groups excluding carboxylic acids is 2. The first-order chi connectivity index (χ1) is 12.6. The third kappa shape index (κ3) is 4.93. The minimum Gasteiger partial charge on any atom is -0.307 e. The number of anilines is 1. The third-order valence-corrected chi connectivity index (χ3v) is 4.40. The maximum absolute atomic E-state index is 13.5. The van der Waals surface area contributed by atoms with Gasteiger partial charge >= 0.3 is 6.03 Å². The van der Waals surface area contributed by atoms with Gasteiger partial charge in [0.05, 0.1) is 11.3 Å². The number of pyridine rings is 2. The van der Waals surface area contributed by atoms with E-state index >= 15 is 0 Å². The number of halogens is 3. The summed E-state index contributed by atoms with van der Waals surface area (Å²) in [6.45, 7) is 7.88. The largest absolute Gasteiger partial charge is 0.326 e. The number of urea groups is 1. The maximum atomic E-state index is 13.5. The Kier molecular flexibility index (Phi) is 6.73. The lowest BCUT2D eigenvalue weighted by Gasteiger charge is -2.19. The Hall–Kier alpha value is -2.25. The summed E-state index contributed by atoms with van der Waals surface area (Å²) in [6.07, 6.45) is 3.34. The molecular formula is C18H19Cl2FN4O2. The van der Waals surface area contributed by atoms with Crippen molar-refractivity contribution in [1.29, 1.82) is 0 Å². The second-order valence-corrected chi connectivity index (χ2v) is 7.23. The van der Waals surface area contributed by atoms with E-state index in [4.69, 9.17) is 23.2 Å². The Labute approximate surface area is 166 Å². The van der Waals surface area contributed by atoms with Gasteiger partial charge in [0.2, 0.25) is 0 Å². The molecule has 0 aliphatic rings. The standard InChI is InChI=1S/C18H19Cl2FN4O2/c1-8(2)11-6-22-7-12(9(3)4)14(11)23-18(27)25-17(26)10-5-13(21)16(20)24-15(10)19/h5-9H,1-4H3,(H2,22,23,25,26,27). The molecule has 0 saturated heterocycles. The molecule has 0 aromatic carbocycles. The van der Waals surface area contributed by atoms with Crippen molar-refractivity contribution in [3.05, 3.63) is 51.3 Å². The van der Waals surface area contributed by atoms with E-state index < -0.39 is 22.9 Å². The zero-order chi connectivity index (χ0) is 20.3. The van der Waals surface area contributed by atoms with Crippen molar-refractivity contribution >= 4 is 40.8 Å². The molecule has 0 aliphatic carbocycles. The number of aromatic nitrogens is 2. The molecule has 2 rings (SSSR count). The quantitative estimate of drug-likeness (QED) is 0.681. The first-order valence-corrected chi connectivity index (χ1v) is 8.99. The molecule has 0 bridgehead atoms. The number of imide groups is 1. The van der Waals surface area contributed by atoms with Crippen molar-refractivity contribution in [3.63, 3.8) is 0 Å². The molecule has 0 spiro atoms. The number of nitrogens with one attached hydrogen (secondary N) is 2. The van der Waals surface area contributed by atoms with E-state index in [0.717, 1.165) is 17.2 Å². The van der Waals surface area contributed by atoms with Gasteiger partial charge in [-0.1, -0.05) is 50.9 Å². The molecule has 27 heavy (non-hydrogen) atoms. The lowest BCUT2D eigenvalue weighted by atomic mass is 9.95. The Morgan fingerprint density at radius 2 is 1.59 bits per heavy atom. The lowest BCUT2D eigenvalue weighted by molar-refractivity contribution is 0.0966. The van der Waals surface area contributed by atoms with Gasteiger partial charge in [0.25, 0.3) is 5.91 Å². The first-order valence-electron chi connectivity index (χ1n) is 8.23. The molecule has 2 aromatic heterocycles. The van der Waals surface area contributed by atoms with Crippen LogP contribution in [0.25, 0.3) is 0 Å². The normalized spacial score (nSPS) is 11.0. The predicted molar refractivity (Wildman–Crippen MR) is 103 cm³/mol. The third-order valence-electron chi connectivity index (χ3n) is 3.85. The van der Waals surface area contributed by atoms with Gasteiger partial charge in [0.15, 0.2) is 11.0 Å². The van der Waals surface area contributed by atoms with Crippen LogP contribution in [-0.4, -0.2) is 21.9 Å². The van der Waals surface area contributed by atoms with Crippen LogP contribution in [-0.2, 0) is 0 Å². The van der Waals surface area contributed by atoms with E-state index in [1.165, 1.54) is 0 Å². The van der Waals surface area contributed by atoms with E-state index in [9.17, 15) is 14.0 Å². The lowest BCUT2D eigenvalue weighted by Crippen LogP contribution is -2.35. The van der Waals surface area contributed by atoms with Crippen molar-refractivity contribution in [2.75, 3.05) is 5.32 Å². The summed E-state index contributed by atoms with van der Waals surface area (Å²) in [6, 6.07) is 0.0487. The summed E-state index contributed by atoms with van der Waals surface area (Å²) in [4.78, 5) is 32.3. The Bertz CT molecular complexity index is 862. The molecular weight excluding hydrogens is 394 g/mol. The Morgan fingerprint density at radius 1 is 1.04 bits per heavy atom. The van der Waals surface area contributed by atoms with Gasteiger partial charge in [-0.2, -0.15) is 0 Å². The number of hydrogen-bond acceptors (Lipinski definition) is 4. The average molecular weight is 413 g/mol. The van der Waals surface area contributed by atoms with Crippen LogP contribution in [0.1, 0.15) is 61.0 Å². The Balaban J connectivity index is 2.26. The highest BCUT2D eigenvalue weighted by Crippen LogP contribution is 2.31. The minimum atomic E-state index is -0.912. The average Bonchev–Trinajstić information content (AvgIpc) is 2.57. The minimum absolute atomic E-state index is 0.103. The molecule has 9 heteroatoms. The van der Waals surface area contributed by atoms with E-state index in [2.05, 4.69) is 20.6 Å². The fourth-order valence-electron chi connectivity index (χ4n) is 2.43. The summed E-state index contributed by atoms with van der Waals surface area (Å²) in [5.41, 5.74) is 1.96. The topological polar surface area (TPSA) is 84.0 Å². The van der Waals surface area contributed by atoms with Crippen LogP contribution < -0.4 is 10.6 Å². The van der Waals surface area contributed by atoms with Gasteiger partial charge in [-0.15, -0.1) is 0 Å². The molecule has 2 N–H and O–H groups in total. The number of carbonyl (C=O) groups is 2. The smallest absolute Gasteiger partial charge is 0.307 e. The summed E-state index contributed by atoms with van der Waals surface area (Å²) < 4.78 is 13.5. The maximum Gasteiger partial charge on any atom is 0.326 e. The molecule has 0 atom stereocenters. The predicted octanol–water partition coefficient (Wildman–Crippen LogP) is 5.13. The van der Waals surface area contributed by atoms with Crippen LogP contribution in [0.3, 0.4) is 0 Å². The molecule has 2 heterocycles. The first kappa shape index (κ1) is 21.1. The molecule has 6 nitrogen and oxygen atoms in total. The van der Waals surface area contributed by atoms with Crippen molar-refractivity contribution in [1.82, 2.24) is 15.3 Å². The molecule has 0 fully saturated rings. The second-order valence-electron chi connectivity index (χ2n) is 6.51. The van der Waals surface area contributed by atoms with E-state index in [1.807, 2.05) is 27.7 Å². The highest BCUT2D eigenvalue weighted by Gasteiger charge is 2.20. The second kappa shape index (κ2) is 8.63. The van der Waals surface area contributed by atoms with Gasteiger partial charge in [-0.05, 0) is 29.0 Å². The summed E-state index contributed by atoms with van der Waals surface area (Å²) in [7, 11) is 0. The molecule has 0 radical (unpaired) electrons. The van der Waals surface area contributed by atoms with E-state index in [-0.39, 0.29) is 22.6 Å². The van der Waals surface area contributed by atoms with Crippen molar-refractivity contribution in [2.24, 2.45) is 0 Å². The molecule has 144 valence electrons. The Morgan fingerprint density at radius 3 is 2.11 bits per heavy atom. The monoisotopic (exact) mass is 412 g/mol. The van der Waals surface area contributed by atoms with Gasteiger partial charge in [0, 0.05) is 12.4 Å². The van der Waals surface area contributed by atoms with Gasteiger partial charge in [-0.25, -0.2) is 14.2 Å². The highest BCUT2D eigenvalue weighted by molar-refractivity contribution is 6.35. The van der Waals surface area contributed by atoms with Gasteiger partial charge in [-0.3, -0.25) is 15.1 Å². The van der Waals surface area contributed by atoms with Crippen LogP contribution in [0.15, 0.2) is 18.5 Å². The number of amides is 3. The van der Waals surface area contributed by atoms with Gasteiger partial charge in [0.1, 0.15) is 5.15 Å². The van der Waals surface area contributed by atoms with Crippen LogP contribution in [0.4, 0.5) is 14.9 Å². The van der Waals surface area contributed by atoms with Crippen molar-refractivity contribution in [2.45, 2.75) is 39.5 Å². The van der Waals surface area contributed by atoms with Crippen molar-refractivity contribution in [3.8, 4) is 0 Å². The highest BCUT2D eigenvalue weighted by atomic mass is 35.5. The molecule has 3 amide bonds. The molecule has 2 aromatic rings.